The molecule has 0 atom stereocenters. The lowest BCUT2D eigenvalue weighted by Crippen LogP contribution is -2.39. The molecule has 4 aromatic rings. The number of rotatable bonds is 4. The SMILES string of the molecule is COc1cccc(-n2c(=O)c3c4c(sc3n(Cc3cc(C)ccc3C)c2=O)CCCC4)c1. The van der Waals surface area contributed by atoms with E-state index in [0.717, 1.165) is 52.8 Å². The highest BCUT2D eigenvalue weighted by Gasteiger charge is 2.24. The number of methoxy groups -OCH3 is 1. The summed E-state index contributed by atoms with van der Waals surface area (Å²) in [6.07, 6.45) is 4.08. The summed E-state index contributed by atoms with van der Waals surface area (Å²) in [5.41, 5.74) is 4.51. The molecule has 2 aromatic heterocycles. The minimum absolute atomic E-state index is 0.227. The molecule has 164 valence electrons. The highest BCUT2D eigenvalue weighted by atomic mass is 32.1. The largest absolute Gasteiger partial charge is 0.497 e. The summed E-state index contributed by atoms with van der Waals surface area (Å²) in [4.78, 5) is 29.6. The predicted molar refractivity (Wildman–Crippen MR) is 130 cm³/mol. The van der Waals surface area contributed by atoms with E-state index in [9.17, 15) is 9.59 Å². The maximum Gasteiger partial charge on any atom is 0.337 e. The molecule has 0 unspecified atom stereocenters. The van der Waals surface area contributed by atoms with Gasteiger partial charge in [0.25, 0.3) is 5.56 Å². The monoisotopic (exact) mass is 446 g/mol. The van der Waals surface area contributed by atoms with Crippen molar-refractivity contribution in [2.45, 2.75) is 46.1 Å². The van der Waals surface area contributed by atoms with Crippen molar-refractivity contribution in [1.82, 2.24) is 9.13 Å². The van der Waals surface area contributed by atoms with Gasteiger partial charge in [-0.3, -0.25) is 9.36 Å². The average Bonchev–Trinajstić information content (AvgIpc) is 3.19. The standard InChI is InChI=1S/C26H26N2O3S/c1-16-11-12-17(2)18(13-16)15-27-25-23(21-9-4-5-10-22(21)32-25)24(29)28(26(27)30)19-7-6-8-20(14-19)31-3/h6-8,11-14H,4-5,9-10,15H2,1-3H3. The third-order valence-corrected chi connectivity index (χ3v) is 7.70. The van der Waals surface area contributed by atoms with Crippen LogP contribution in [0.15, 0.2) is 52.1 Å². The highest BCUT2D eigenvalue weighted by Crippen LogP contribution is 2.34. The van der Waals surface area contributed by atoms with Crippen LogP contribution in [0.2, 0.25) is 0 Å². The third kappa shape index (κ3) is 3.39. The zero-order valence-corrected chi connectivity index (χ0v) is 19.4. The first-order valence-electron chi connectivity index (χ1n) is 11.0. The second-order valence-electron chi connectivity index (χ2n) is 8.53. The van der Waals surface area contributed by atoms with Crippen LogP contribution in [0.4, 0.5) is 0 Å². The van der Waals surface area contributed by atoms with Gasteiger partial charge in [-0.1, -0.05) is 29.8 Å². The van der Waals surface area contributed by atoms with Gasteiger partial charge >= 0.3 is 5.69 Å². The molecule has 0 saturated heterocycles. The number of aromatic nitrogens is 2. The molecule has 32 heavy (non-hydrogen) atoms. The van der Waals surface area contributed by atoms with E-state index >= 15 is 0 Å². The molecule has 0 N–H and O–H groups in total. The number of fused-ring (bicyclic) bond motifs is 3. The van der Waals surface area contributed by atoms with Crippen molar-refractivity contribution < 1.29 is 4.74 Å². The number of hydrogen-bond acceptors (Lipinski definition) is 4. The van der Waals surface area contributed by atoms with Crippen molar-refractivity contribution in [2.75, 3.05) is 7.11 Å². The number of hydrogen-bond donors (Lipinski definition) is 0. The Bertz CT molecular complexity index is 1460. The summed E-state index contributed by atoms with van der Waals surface area (Å²) >= 11 is 1.62. The quantitative estimate of drug-likeness (QED) is 0.454. The molecule has 0 saturated carbocycles. The van der Waals surface area contributed by atoms with Crippen LogP contribution in [0.25, 0.3) is 15.9 Å². The molecule has 5 rings (SSSR count). The number of aryl methyl sites for hydroxylation is 4. The first kappa shape index (κ1) is 20.8. The molecule has 5 nitrogen and oxygen atoms in total. The fourth-order valence-electron chi connectivity index (χ4n) is 4.63. The van der Waals surface area contributed by atoms with E-state index < -0.39 is 0 Å². The van der Waals surface area contributed by atoms with Crippen LogP contribution < -0.4 is 16.0 Å². The van der Waals surface area contributed by atoms with Crippen molar-refractivity contribution in [3.8, 4) is 11.4 Å². The van der Waals surface area contributed by atoms with E-state index in [0.29, 0.717) is 23.4 Å². The molecule has 0 bridgehead atoms. The van der Waals surface area contributed by atoms with Gasteiger partial charge in [-0.25, -0.2) is 9.36 Å². The molecule has 0 fully saturated rings. The summed E-state index contributed by atoms with van der Waals surface area (Å²) in [6, 6.07) is 13.5. The van der Waals surface area contributed by atoms with Gasteiger partial charge in [-0.2, -0.15) is 0 Å². The summed E-state index contributed by atoms with van der Waals surface area (Å²) in [6.45, 7) is 4.56. The molecular weight excluding hydrogens is 420 g/mol. The normalized spacial score (nSPS) is 13.3. The van der Waals surface area contributed by atoms with Crippen LogP contribution in [0, 0.1) is 13.8 Å². The fraction of sp³-hybridized carbons (Fsp3) is 0.308. The minimum atomic E-state index is -0.310. The van der Waals surface area contributed by atoms with Crippen LogP contribution in [0.5, 0.6) is 5.75 Å². The lowest BCUT2D eigenvalue weighted by molar-refractivity contribution is 0.414. The Morgan fingerprint density at radius 1 is 1.03 bits per heavy atom. The third-order valence-electron chi connectivity index (χ3n) is 6.38. The molecule has 2 heterocycles. The van der Waals surface area contributed by atoms with Gasteiger partial charge in [0.1, 0.15) is 10.6 Å². The van der Waals surface area contributed by atoms with Gasteiger partial charge < -0.3 is 4.74 Å². The maximum atomic E-state index is 13.8. The molecular formula is C26H26N2O3S. The number of thiophene rings is 1. The fourth-order valence-corrected chi connectivity index (χ4v) is 6.00. The molecule has 0 spiro atoms. The van der Waals surface area contributed by atoms with Gasteiger partial charge in [-0.15, -0.1) is 11.3 Å². The van der Waals surface area contributed by atoms with Crippen LogP contribution >= 0.6 is 11.3 Å². The Balaban J connectivity index is 1.84. The average molecular weight is 447 g/mol. The molecule has 2 aromatic carbocycles. The van der Waals surface area contributed by atoms with Gasteiger partial charge in [0.2, 0.25) is 0 Å². The number of nitrogens with zero attached hydrogens (tertiary/aromatic N) is 2. The van der Waals surface area contributed by atoms with Gasteiger partial charge in [0, 0.05) is 10.9 Å². The topological polar surface area (TPSA) is 53.2 Å². The molecule has 0 aliphatic heterocycles. The smallest absolute Gasteiger partial charge is 0.337 e. The molecule has 6 heteroatoms. The van der Waals surface area contributed by atoms with Crippen LogP contribution in [-0.4, -0.2) is 16.2 Å². The zero-order chi connectivity index (χ0) is 22.4. The Morgan fingerprint density at radius 3 is 2.66 bits per heavy atom. The first-order chi connectivity index (χ1) is 15.5. The molecule has 0 amide bonds. The van der Waals surface area contributed by atoms with E-state index in [1.807, 2.05) is 12.1 Å². The second kappa shape index (κ2) is 8.10. The molecule has 1 aliphatic rings. The van der Waals surface area contributed by atoms with Crippen LogP contribution in [0.3, 0.4) is 0 Å². The minimum Gasteiger partial charge on any atom is -0.497 e. The van der Waals surface area contributed by atoms with Gasteiger partial charge in [0.05, 0.1) is 24.7 Å². The number of benzene rings is 2. The van der Waals surface area contributed by atoms with Gasteiger partial charge in [-0.05, 0) is 68.4 Å². The lowest BCUT2D eigenvalue weighted by atomic mass is 9.97. The van der Waals surface area contributed by atoms with Crippen molar-refractivity contribution in [2.24, 2.45) is 0 Å². The highest BCUT2D eigenvalue weighted by molar-refractivity contribution is 7.18. The molecule has 0 radical (unpaired) electrons. The Morgan fingerprint density at radius 2 is 1.84 bits per heavy atom. The second-order valence-corrected chi connectivity index (χ2v) is 9.62. The summed E-state index contributed by atoms with van der Waals surface area (Å²) in [5.74, 6) is 0.613. The van der Waals surface area contributed by atoms with Crippen LogP contribution in [0.1, 0.15) is 40.0 Å². The Hall–Kier alpha value is -3.12. The van der Waals surface area contributed by atoms with Gasteiger partial charge in [0.15, 0.2) is 0 Å². The van der Waals surface area contributed by atoms with E-state index in [4.69, 9.17) is 4.74 Å². The predicted octanol–water partition coefficient (Wildman–Crippen LogP) is 4.77. The Labute approximate surface area is 190 Å². The maximum absolute atomic E-state index is 13.8. The van der Waals surface area contributed by atoms with Crippen molar-refractivity contribution in [3.05, 3.63) is 90.4 Å². The zero-order valence-electron chi connectivity index (χ0n) is 18.6. The van der Waals surface area contributed by atoms with Crippen molar-refractivity contribution >= 4 is 21.6 Å². The van der Waals surface area contributed by atoms with Crippen molar-refractivity contribution in [1.29, 1.82) is 0 Å². The summed E-state index contributed by atoms with van der Waals surface area (Å²) in [7, 11) is 1.58. The number of ether oxygens (including phenoxy) is 1. The summed E-state index contributed by atoms with van der Waals surface area (Å²) in [5, 5.41) is 0.706. The first-order valence-corrected chi connectivity index (χ1v) is 11.8. The van der Waals surface area contributed by atoms with E-state index in [-0.39, 0.29) is 11.2 Å². The Kier molecular flexibility index (Phi) is 5.25. The van der Waals surface area contributed by atoms with Crippen LogP contribution in [-0.2, 0) is 19.4 Å². The van der Waals surface area contributed by atoms with Crippen molar-refractivity contribution in [3.63, 3.8) is 0 Å². The van der Waals surface area contributed by atoms with E-state index in [1.165, 1.54) is 9.44 Å². The van der Waals surface area contributed by atoms with E-state index in [2.05, 4.69) is 32.0 Å². The van der Waals surface area contributed by atoms with E-state index in [1.54, 1.807) is 35.1 Å². The lowest BCUT2D eigenvalue weighted by Gasteiger charge is -2.15. The molecule has 1 aliphatic carbocycles. The summed E-state index contributed by atoms with van der Waals surface area (Å²) < 4.78 is 8.46.